The first-order valence-electron chi connectivity index (χ1n) is 6.02. The van der Waals surface area contributed by atoms with Crippen LogP contribution in [0.4, 0.5) is 0 Å². The Hall–Kier alpha value is -1.34. The summed E-state index contributed by atoms with van der Waals surface area (Å²) >= 11 is 0. The maximum absolute atomic E-state index is 12.2. The van der Waals surface area contributed by atoms with E-state index >= 15 is 0 Å². The number of nitrogens with zero attached hydrogens (tertiary/aromatic N) is 2. The van der Waals surface area contributed by atoms with Crippen LogP contribution in [0.3, 0.4) is 0 Å². The van der Waals surface area contributed by atoms with Crippen molar-refractivity contribution in [3.05, 3.63) is 0 Å². The molecular formula is C11H21N3O4. The molecular weight excluding hydrogens is 238 g/mol. The normalized spacial score (nSPS) is 21.1. The second kappa shape index (κ2) is 7.17. The summed E-state index contributed by atoms with van der Waals surface area (Å²) in [5.74, 6) is -0.00953. The Kier molecular flexibility index (Phi) is 5.87. The molecule has 0 aromatic carbocycles. The van der Waals surface area contributed by atoms with Gasteiger partial charge < -0.3 is 25.3 Å². The fourth-order valence-electron chi connectivity index (χ4n) is 1.72. The van der Waals surface area contributed by atoms with E-state index in [2.05, 4.69) is 5.16 Å². The summed E-state index contributed by atoms with van der Waals surface area (Å²) in [6, 6.07) is 0.0227. The first-order chi connectivity index (χ1) is 8.56. The van der Waals surface area contributed by atoms with Gasteiger partial charge in [-0.3, -0.25) is 4.79 Å². The molecule has 0 aromatic heterocycles. The highest BCUT2D eigenvalue weighted by molar-refractivity contribution is 5.83. The molecule has 0 aliphatic carbocycles. The molecule has 1 fully saturated rings. The van der Waals surface area contributed by atoms with Gasteiger partial charge in [-0.25, -0.2) is 0 Å². The summed E-state index contributed by atoms with van der Waals surface area (Å²) in [6.45, 7) is 5.46. The Morgan fingerprint density at radius 2 is 2.28 bits per heavy atom. The lowest BCUT2D eigenvalue weighted by atomic mass is 10.2. The van der Waals surface area contributed by atoms with Crippen LogP contribution in [-0.4, -0.2) is 60.4 Å². The highest BCUT2D eigenvalue weighted by Gasteiger charge is 2.28. The lowest BCUT2D eigenvalue weighted by Gasteiger charge is -2.32. The summed E-state index contributed by atoms with van der Waals surface area (Å²) in [5, 5.41) is 11.4. The van der Waals surface area contributed by atoms with E-state index in [9.17, 15) is 4.79 Å². The minimum absolute atomic E-state index is 0.0227. The molecule has 0 bridgehead atoms. The van der Waals surface area contributed by atoms with Gasteiger partial charge in [0, 0.05) is 19.0 Å². The van der Waals surface area contributed by atoms with E-state index in [-0.39, 0.29) is 24.4 Å². The number of oxime groups is 1. The molecule has 1 atom stereocenters. The van der Waals surface area contributed by atoms with Gasteiger partial charge in [0.2, 0.25) is 0 Å². The monoisotopic (exact) mass is 259 g/mol. The molecule has 1 saturated heterocycles. The average Bonchev–Trinajstić information content (AvgIpc) is 2.39. The Balaban J connectivity index is 2.57. The van der Waals surface area contributed by atoms with Crippen molar-refractivity contribution < 1.29 is 19.5 Å². The predicted molar refractivity (Wildman–Crippen MR) is 65.4 cm³/mol. The van der Waals surface area contributed by atoms with Crippen LogP contribution in [-0.2, 0) is 14.3 Å². The van der Waals surface area contributed by atoms with Gasteiger partial charge in [-0.05, 0) is 13.8 Å². The first-order valence-corrected chi connectivity index (χ1v) is 6.02. The zero-order valence-corrected chi connectivity index (χ0v) is 10.8. The molecule has 0 radical (unpaired) electrons. The van der Waals surface area contributed by atoms with Gasteiger partial charge in [0.25, 0.3) is 5.91 Å². The third-order valence-corrected chi connectivity index (χ3v) is 2.74. The third-order valence-electron chi connectivity index (χ3n) is 2.74. The summed E-state index contributed by atoms with van der Waals surface area (Å²) in [4.78, 5) is 13.9. The summed E-state index contributed by atoms with van der Waals surface area (Å²) < 4.78 is 10.6. The first kappa shape index (κ1) is 14.7. The fourth-order valence-corrected chi connectivity index (χ4v) is 1.72. The van der Waals surface area contributed by atoms with Crippen molar-refractivity contribution in [2.75, 3.05) is 26.4 Å². The molecule has 104 valence electrons. The molecule has 7 nitrogen and oxygen atoms in total. The largest absolute Gasteiger partial charge is 0.409 e. The maximum atomic E-state index is 12.2. The smallest absolute Gasteiger partial charge is 0.254 e. The van der Waals surface area contributed by atoms with Crippen molar-refractivity contribution in [2.24, 2.45) is 10.9 Å². The van der Waals surface area contributed by atoms with E-state index in [0.717, 1.165) is 0 Å². The molecule has 0 spiro atoms. The number of ether oxygens (including phenoxy) is 2. The molecule has 3 N–H and O–H groups in total. The van der Waals surface area contributed by atoms with Crippen LogP contribution in [0.5, 0.6) is 0 Å². The Labute approximate surface area is 107 Å². The average molecular weight is 259 g/mol. The molecule has 18 heavy (non-hydrogen) atoms. The van der Waals surface area contributed by atoms with Gasteiger partial charge in [0.1, 0.15) is 5.84 Å². The Morgan fingerprint density at radius 1 is 1.56 bits per heavy atom. The molecule has 1 heterocycles. The number of carbonyl (C=O) groups is 1. The lowest BCUT2D eigenvalue weighted by molar-refractivity contribution is -0.159. The number of carbonyl (C=O) groups excluding carboxylic acids is 1. The number of amides is 1. The van der Waals surface area contributed by atoms with E-state index in [1.165, 1.54) is 0 Å². The molecule has 1 unspecified atom stereocenters. The molecule has 1 rings (SSSR count). The maximum Gasteiger partial charge on any atom is 0.254 e. The lowest BCUT2D eigenvalue weighted by Crippen LogP contribution is -2.48. The van der Waals surface area contributed by atoms with Gasteiger partial charge in [0.15, 0.2) is 6.10 Å². The van der Waals surface area contributed by atoms with Gasteiger partial charge in [-0.15, -0.1) is 0 Å². The minimum atomic E-state index is -0.548. The van der Waals surface area contributed by atoms with E-state index in [1.807, 2.05) is 13.8 Å². The quantitative estimate of drug-likeness (QED) is 0.308. The third kappa shape index (κ3) is 4.15. The second-order valence-corrected chi connectivity index (χ2v) is 4.40. The van der Waals surface area contributed by atoms with Crippen LogP contribution >= 0.6 is 0 Å². The molecule has 1 aliphatic rings. The van der Waals surface area contributed by atoms with Crippen molar-refractivity contribution >= 4 is 11.7 Å². The van der Waals surface area contributed by atoms with Gasteiger partial charge >= 0.3 is 0 Å². The van der Waals surface area contributed by atoms with Crippen LogP contribution in [0.2, 0.25) is 0 Å². The molecule has 0 aromatic rings. The van der Waals surface area contributed by atoms with Crippen LogP contribution in [0.25, 0.3) is 0 Å². The highest BCUT2D eigenvalue weighted by atomic mass is 16.6. The SMILES string of the molecule is CC(C)N(CCC(N)=NO)C(=O)C1COCCO1. The van der Waals surface area contributed by atoms with Gasteiger partial charge in [-0.1, -0.05) is 5.16 Å². The molecule has 0 saturated carbocycles. The summed E-state index contributed by atoms with van der Waals surface area (Å²) in [6.07, 6.45) is -0.220. The van der Waals surface area contributed by atoms with E-state index in [0.29, 0.717) is 26.2 Å². The van der Waals surface area contributed by atoms with Crippen molar-refractivity contribution in [1.82, 2.24) is 4.90 Å². The number of nitrogens with two attached hydrogens (primary N) is 1. The Morgan fingerprint density at radius 3 is 2.78 bits per heavy atom. The van der Waals surface area contributed by atoms with Crippen molar-refractivity contribution in [3.8, 4) is 0 Å². The van der Waals surface area contributed by atoms with E-state index in [4.69, 9.17) is 20.4 Å². The predicted octanol–water partition coefficient (Wildman–Crippen LogP) is -0.225. The topological polar surface area (TPSA) is 97.4 Å². The van der Waals surface area contributed by atoms with Crippen LogP contribution < -0.4 is 5.73 Å². The molecule has 7 heteroatoms. The standard InChI is InChI=1S/C11H21N3O4/c1-8(2)14(4-3-10(12)13-16)11(15)9-7-17-5-6-18-9/h8-9,16H,3-7H2,1-2H3,(H2,12,13). The molecule has 1 aliphatic heterocycles. The Bertz CT molecular complexity index is 301. The van der Waals surface area contributed by atoms with E-state index < -0.39 is 6.10 Å². The number of hydrogen-bond acceptors (Lipinski definition) is 5. The van der Waals surface area contributed by atoms with Crippen LogP contribution in [0.15, 0.2) is 5.16 Å². The number of rotatable bonds is 5. The highest BCUT2D eigenvalue weighted by Crippen LogP contribution is 2.09. The van der Waals surface area contributed by atoms with Crippen molar-refractivity contribution in [2.45, 2.75) is 32.4 Å². The second-order valence-electron chi connectivity index (χ2n) is 4.40. The number of hydrogen-bond donors (Lipinski definition) is 2. The molecule has 1 amide bonds. The fraction of sp³-hybridized carbons (Fsp3) is 0.818. The zero-order valence-electron chi connectivity index (χ0n) is 10.8. The van der Waals surface area contributed by atoms with Gasteiger partial charge in [0.05, 0.1) is 19.8 Å². The van der Waals surface area contributed by atoms with E-state index in [1.54, 1.807) is 4.90 Å². The summed E-state index contributed by atoms with van der Waals surface area (Å²) in [7, 11) is 0. The van der Waals surface area contributed by atoms with Crippen LogP contribution in [0.1, 0.15) is 20.3 Å². The minimum Gasteiger partial charge on any atom is -0.409 e. The van der Waals surface area contributed by atoms with Crippen LogP contribution in [0, 0.1) is 0 Å². The van der Waals surface area contributed by atoms with Crippen molar-refractivity contribution in [1.29, 1.82) is 0 Å². The zero-order chi connectivity index (χ0) is 13.5. The summed E-state index contributed by atoms with van der Waals surface area (Å²) in [5.41, 5.74) is 5.41. The van der Waals surface area contributed by atoms with Gasteiger partial charge in [-0.2, -0.15) is 0 Å². The number of amidine groups is 1. The van der Waals surface area contributed by atoms with Crippen molar-refractivity contribution in [3.63, 3.8) is 0 Å².